The molecule has 0 saturated carbocycles. The van der Waals surface area contributed by atoms with Crippen molar-refractivity contribution >= 4 is 58.5 Å². The van der Waals surface area contributed by atoms with Crippen LogP contribution in [0.5, 0.6) is 0 Å². The van der Waals surface area contributed by atoms with Crippen molar-refractivity contribution in [1.82, 2.24) is 0 Å². The van der Waals surface area contributed by atoms with Gasteiger partial charge in [-0.25, -0.2) is 16.8 Å². The summed E-state index contributed by atoms with van der Waals surface area (Å²) < 4.78 is 68.7. The predicted octanol–water partition coefficient (Wildman–Crippen LogP) is 8.98. The van der Waals surface area contributed by atoms with Gasteiger partial charge in [-0.2, -0.15) is 0 Å². The minimum atomic E-state index is -4.58. The first kappa shape index (κ1) is 45.6. The quantitative estimate of drug-likeness (QED) is 0.0269. The summed E-state index contributed by atoms with van der Waals surface area (Å²) in [5.74, 6) is 0. The van der Waals surface area contributed by atoms with E-state index in [2.05, 4.69) is 22.2 Å². The van der Waals surface area contributed by atoms with Crippen LogP contribution < -0.4 is 0 Å². The predicted molar refractivity (Wildman–Crippen MR) is 168 cm³/mol. The zero-order valence-electron chi connectivity index (χ0n) is 26.1. The maximum atomic E-state index is 10.1. The first-order chi connectivity index (χ1) is 19.1. The SMILES string of the molecule is CCCCCCCCCCCCC/C=C/OS(=O)(=O)[O-].CCCCCCCCCCCCC/C=C/OS(=O)(=O)[O-].[Ca+2]. The Morgan fingerprint density at radius 2 is 0.659 bits per heavy atom. The molecule has 0 amide bonds. The topological polar surface area (TPSA) is 133 Å². The van der Waals surface area contributed by atoms with E-state index in [0.717, 1.165) is 51.0 Å². The molecule has 0 atom stereocenters. The van der Waals surface area contributed by atoms with Gasteiger partial charge in [-0.05, 0) is 37.8 Å². The number of hydrogen-bond acceptors (Lipinski definition) is 8. The molecule has 0 aliphatic heterocycles. The van der Waals surface area contributed by atoms with E-state index in [4.69, 9.17) is 0 Å². The summed E-state index contributed by atoms with van der Waals surface area (Å²) in [4.78, 5) is 0. The van der Waals surface area contributed by atoms with Gasteiger partial charge in [0.1, 0.15) is 12.5 Å². The van der Waals surface area contributed by atoms with Crippen LogP contribution in [0, 0.1) is 0 Å². The molecule has 0 aromatic carbocycles. The summed E-state index contributed by atoms with van der Waals surface area (Å²) in [6.07, 6.45) is 34.9. The van der Waals surface area contributed by atoms with Crippen LogP contribution in [0.25, 0.3) is 0 Å². The first-order valence-electron chi connectivity index (χ1n) is 15.7. The van der Waals surface area contributed by atoms with Gasteiger partial charge in [-0.15, -0.1) is 0 Å². The summed E-state index contributed by atoms with van der Waals surface area (Å²) in [5.41, 5.74) is 0. The van der Waals surface area contributed by atoms with Gasteiger partial charge >= 0.3 is 37.7 Å². The molecule has 0 aliphatic rings. The van der Waals surface area contributed by atoms with Gasteiger partial charge in [-0.3, -0.25) is 0 Å². The molecular weight excluding hydrogens is 593 g/mol. The molecule has 0 aromatic heterocycles. The van der Waals surface area contributed by atoms with Crippen LogP contribution in [0.3, 0.4) is 0 Å². The molecule has 0 radical (unpaired) electrons. The van der Waals surface area contributed by atoms with Crippen molar-refractivity contribution in [3.63, 3.8) is 0 Å². The van der Waals surface area contributed by atoms with Crippen molar-refractivity contribution in [1.29, 1.82) is 0 Å². The van der Waals surface area contributed by atoms with Crippen molar-refractivity contribution in [2.24, 2.45) is 0 Å². The van der Waals surface area contributed by atoms with E-state index in [1.165, 1.54) is 116 Å². The van der Waals surface area contributed by atoms with Gasteiger partial charge in [0.15, 0.2) is 0 Å². The fraction of sp³-hybridized carbons (Fsp3) is 0.867. The maximum Gasteiger partial charge on any atom is 2.00 e. The Morgan fingerprint density at radius 1 is 0.439 bits per heavy atom. The van der Waals surface area contributed by atoms with Gasteiger partial charge in [0.05, 0.1) is 0 Å². The molecular formula is C30H58CaO8S2. The fourth-order valence-electron chi connectivity index (χ4n) is 4.20. The average molecular weight is 651 g/mol. The minimum Gasteiger partial charge on any atom is -0.716 e. The summed E-state index contributed by atoms with van der Waals surface area (Å²) in [6.45, 7) is 4.47. The van der Waals surface area contributed by atoms with Crippen LogP contribution in [0.15, 0.2) is 24.7 Å². The van der Waals surface area contributed by atoms with Gasteiger partial charge in [-0.1, -0.05) is 142 Å². The molecule has 0 rings (SSSR count). The maximum absolute atomic E-state index is 10.1. The monoisotopic (exact) mass is 650 g/mol. The zero-order chi connectivity index (χ0) is 30.2. The fourth-order valence-corrected chi connectivity index (χ4v) is 4.63. The standard InChI is InChI=1S/2C15H30O4S.Ca/c2*1-2-3-4-5-6-7-8-9-10-11-12-13-14-15-19-20(16,17)18;/h2*14-15H,2-13H2,1H3,(H,16,17,18);/q;;+2/p-2/b2*15-14+;. The second-order valence-electron chi connectivity index (χ2n) is 10.4. The second kappa shape index (κ2) is 34.6. The van der Waals surface area contributed by atoms with Crippen molar-refractivity contribution < 1.29 is 34.3 Å². The van der Waals surface area contributed by atoms with E-state index >= 15 is 0 Å². The molecule has 0 unspecified atom stereocenters. The average Bonchev–Trinajstić information content (AvgIpc) is 2.88. The van der Waals surface area contributed by atoms with Gasteiger partial charge in [0, 0.05) is 0 Å². The Bertz CT molecular complexity index is 718. The van der Waals surface area contributed by atoms with E-state index in [1.807, 2.05) is 0 Å². The molecule has 0 fully saturated rings. The number of hydrogen-bond donors (Lipinski definition) is 0. The van der Waals surface area contributed by atoms with Gasteiger partial charge in [0.25, 0.3) is 20.8 Å². The van der Waals surface area contributed by atoms with Gasteiger partial charge in [0.2, 0.25) is 0 Å². The third-order valence-electron chi connectivity index (χ3n) is 6.49. The molecule has 0 bridgehead atoms. The smallest absolute Gasteiger partial charge is 0.716 e. The van der Waals surface area contributed by atoms with E-state index in [-0.39, 0.29) is 37.7 Å². The summed E-state index contributed by atoms with van der Waals surface area (Å²) >= 11 is 0. The van der Waals surface area contributed by atoms with Crippen LogP contribution in [-0.4, -0.2) is 63.7 Å². The second-order valence-corrected chi connectivity index (χ2v) is 12.4. The third kappa shape index (κ3) is 50.1. The molecule has 8 nitrogen and oxygen atoms in total. The summed E-state index contributed by atoms with van der Waals surface area (Å²) in [6, 6.07) is 0. The van der Waals surface area contributed by atoms with Crippen LogP contribution in [0.2, 0.25) is 0 Å². The van der Waals surface area contributed by atoms with Crippen molar-refractivity contribution in [3.8, 4) is 0 Å². The molecule has 0 aliphatic carbocycles. The summed E-state index contributed by atoms with van der Waals surface area (Å²) in [7, 11) is -9.15. The molecule has 0 spiro atoms. The van der Waals surface area contributed by atoms with E-state index in [9.17, 15) is 25.9 Å². The zero-order valence-corrected chi connectivity index (χ0v) is 29.9. The molecule has 11 heteroatoms. The van der Waals surface area contributed by atoms with Crippen molar-refractivity contribution in [3.05, 3.63) is 24.7 Å². The van der Waals surface area contributed by atoms with Crippen molar-refractivity contribution in [2.75, 3.05) is 0 Å². The Balaban J connectivity index is -0.000000688. The van der Waals surface area contributed by atoms with E-state index < -0.39 is 20.8 Å². The number of rotatable bonds is 28. The largest absolute Gasteiger partial charge is 2.00 e. The Kier molecular flexibility index (Phi) is 38.5. The normalized spacial score (nSPS) is 11.8. The summed E-state index contributed by atoms with van der Waals surface area (Å²) in [5, 5.41) is 0. The number of allylic oxidation sites excluding steroid dienone is 2. The molecule has 0 N–H and O–H groups in total. The number of unbranched alkanes of at least 4 members (excludes halogenated alkanes) is 22. The van der Waals surface area contributed by atoms with Crippen LogP contribution in [0.4, 0.5) is 0 Å². The molecule has 240 valence electrons. The minimum absolute atomic E-state index is 0. The molecule has 0 saturated heterocycles. The van der Waals surface area contributed by atoms with Crippen LogP contribution in [0.1, 0.15) is 168 Å². The Labute approximate surface area is 283 Å². The molecule has 0 heterocycles. The van der Waals surface area contributed by atoms with Crippen molar-refractivity contribution in [2.45, 2.75) is 168 Å². The molecule has 41 heavy (non-hydrogen) atoms. The third-order valence-corrected chi connectivity index (χ3v) is 7.18. The Hall–Kier alpha value is 0.160. The molecule has 0 aromatic rings. The van der Waals surface area contributed by atoms with Crippen LogP contribution >= 0.6 is 0 Å². The van der Waals surface area contributed by atoms with E-state index in [1.54, 1.807) is 12.2 Å². The Morgan fingerprint density at radius 3 is 0.878 bits per heavy atom. The van der Waals surface area contributed by atoms with E-state index in [0.29, 0.717) is 0 Å². The van der Waals surface area contributed by atoms with Gasteiger partial charge < -0.3 is 17.5 Å². The first-order valence-corrected chi connectivity index (χ1v) is 18.4. The van der Waals surface area contributed by atoms with Crippen LogP contribution in [-0.2, 0) is 29.2 Å².